The monoisotopic (exact) mass is 386 g/mol. The maximum Gasteiger partial charge on any atom is 0.270 e. The van der Waals surface area contributed by atoms with E-state index in [1.54, 1.807) is 12.5 Å². The van der Waals surface area contributed by atoms with E-state index in [0.29, 0.717) is 17.8 Å². The molecule has 2 fully saturated rings. The van der Waals surface area contributed by atoms with Crippen molar-refractivity contribution in [3.8, 4) is 5.69 Å². The first-order valence-corrected chi connectivity index (χ1v) is 10.5. The number of piperidine rings is 1. The van der Waals surface area contributed by atoms with Crippen LogP contribution in [-0.4, -0.2) is 38.5 Å². The second kappa shape index (κ2) is 7.84. The van der Waals surface area contributed by atoms with Crippen molar-refractivity contribution in [2.45, 2.75) is 50.4 Å². The van der Waals surface area contributed by atoms with Gasteiger partial charge in [0.05, 0.1) is 12.5 Å². The minimum Gasteiger partial charge on any atom is -0.348 e. The van der Waals surface area contributed by atoms with Gasteiger partial charge >= 0.3 is 0 Å². The molecule has 2 atom stereocenters. The van der Waals surface area contributed by atoms with Crippen molar-refractivity contribution < 1.29 is 4.79 Å². The van der Waals surface area contributed by atoms with Crippen LogP contribution in [0.15, 0.2) is 73.2 Å². The lowest BCUT2D eigenvalue weighted by atomic mass is 9.96. The molecule has 2 bridgehead atoms. The Morgan fingerprint density at radius 2 is 1.62 bits per heavy atom. The summed E-state index contributed by atoms with van der Waals surface area (Å²) in [5, 5.41) is 3.29. The molecule has 0 radical (unpaired) electrons. The van der Waals surface area contributed by atoms with Gasteiger partial charge in [0, 0.05) is 30.4 Å². The molecule has 0 aliphatic carbocycles. The zero-order chi connectivity index (χ0) is 19.6. The van der Waals surface area contributed by atoms with Crippen LogP contribution in [0.5, 0.6) is 0 Å². The van der Waals surface area contributed by atoms with Crippen LogP contribution in [0.1, 0.15) is 41.7 Å². The lowest BCUT2D eigenvalue weighted by Crippen LogP contribution is -2.50. The Bertz CT molecular complexity index is 955. The summed E-state index contributed by atoms with van der Waals surface area (Å²) in [6.07, 6.45) is 7.86. The lowest BCUT2D eigenvalue weighted by Gasteiger charge is -2.39. The summed E-state index contributed by atoms with van der Waals surface area (Å²) in [6, 6.07) is 21.9. The molecule has 1 amide bonds. The highest BCUT2D eigenvalue weighted by atomic mass is 16.2. The lowest BCUT2D eigenvalue weighted by molar-refractivity contribution is 0.0822. The molecule has 5 nitrogen and oxygen atoms in total. The van der Waals surface area contributed by atoms with E-state index in [1.807, 2.05) is 34.9 Å². The van der Waals surface area contributed by atoms with Crippen molar-refractivity contribution >= 4 is 5.91 Å². The molecule has 148 valence electrons. The Kier molecular flexibility index (Phi) is 4.90. The number of para-hydroxylation sites is 1. The van der Waals surface area contributed by atoms with Crippen molar-refractivity contribution in [2.24, 2.45) is 0 Å². The van der Waals surface area contributed by atoms with E-state index in [-0.39, 0.29) is 11.9 Å². The summed E-state index contributed by atoms with van der Waals surface area (Å²) in [7, 11) is 0. The van der Waals surface area contributed by atoms with Crippen molar-refractivity contribution in [1.29, 1.82) is 0 Å². The number of hydrogen-bond donors (Lipinski definition) is 1. The number of carbonyl (C=O) groups excluding carboxylic acids is 1. The maximum atomic E-state index is 13.0. The predicted octanol–water partition coefficient (Wildman–Crippen LogP) is 3.80. The fourth-order valence-corrected chi connectivity index (χ4v) is 4.96. The first-order chi connectivity index (χ1) is 14.3. The normalized spacial score (nSPS) is 23.8. The number of fused-ring (bicyclic) bond motifs is 2. The highest BCUT2D eigenvalue weighted by Gasteiger charge is 2.41. The molecule has 1 N–H and O–H groups in total. The highest BCUT2D eigenvalue weighted by molar-refractivity contribution is 5.93. The molecule has 5 rings (SSSR count). The molecule has 1 aromatic heterocycles. The smallest absolute Gasteiger partial charge is 0.270 e. The first-order valence-electron chi connectivity index (χ1n) is 10.5. The molecule has 5 heteroatoms. The fraction of sp³-hybridized carbons (Fsp3) is 0.333. The summed E-state index contributed by atoms with van der Waals surface area (Å²) < 4.78 is 1.86. The molecule has 2 aromatic carbocycles. The van der Waals surface area contributed by atoms with E-state index in [4.69, 9.17) is 0 Å². The van der Waals surface area contributed by atoms with Crippen LogP contribution in [0.25, 0.3) is 5.69 Å². The predicted molar refractivity (Wildman–Crippen MR) is 113 cm³/mol. The molecule has 0 saturated carbocycles. The van der Waals surface area contributed by atoms with Gasteiger partial charge in [-0.1, -0.05) is 48.5 Å². The van der Waals surface area contributed by atoms with Gasteiger partial charge in [-0.25, -0.2) is 4.98 Å². The van der Waals surface area contributed by atoms with Gasteiger partial charge in [0.1, 0.15) is 5.69 Å². The van der Waals surface area contributed by atoms with Gasteiger partial charge in [0.25, 0.3) is 5.91 Å². The van der Waals surface area contributed by atoms with Crippen LogP contribution in [0.2, 0.25) is 0 Å². The van der Waals surface area contributed by atoms with Crippen LogP contribution < -0.4 is 5.32 Å². The minimum absolute atomic E-state index is 0.0349. The Morgan fingerprint density at radius 3 is 2.31 bits per heavy atom. The van der Waals surface area contributed by atoms with Gasteiger partial charge in [-0.3, -0.25) is 14.3 Å². The third-order valence-corrected chi connectivity index (χ3v) is 6.33. The Balaban J connectivity index is 1.26. The summed E-state index contributed by atoms with van der Waals surface area (Å²) >= 11 is 0. The molecule has 2 unspecified atom stereocenters. The second-order valence-electron chi connectivity index (χ2n) is 8.17. The van der Waals surface area contributed by atoms with Gasteiger partial charge in [0.2, 0.25) is 0 Å². The first kappa shape index (κ1) is 18.1. The van der Waals surface area contributed by atoms with Gasteiger partial charge in [0.15, 0.2) is 0 Å². The zero-order valence-electron chi connectivity index (χ0n) is 16.4. The Morgan fingerprint density at radius 1 is 0.966 bits per heavy atom. The van der Waals surface area contributed by atoms with Gasteiger partial charge in [-0.2, -0.15) is 0 Å². The van der Waals surface area contributed by atoms with Gasteiger partial charge in [-0.05, 0) is 43.4 Å². The number of benzene rings is 2. The summed E-state index contributed by atoms with van der Waals surface area (Å²) in [5.41, 5.74) is 2.92. The van der Waals surface area contributed by atoms with E-state index >= 15 is 0 Å². The molecule has 29 heavy (non-hydrogen) atoms. The summed E-state index contributed by atoms with van der Waals surface area (Å²) in [5.74, 6) is -0.0349. The molecular formula is C24H26N4O. The molecule has 2 aliphatic heterocycles. The number of nitrogens with zero attached hydrogens (tertiary/aromatic N) is 3. The van der Waals surface area contributed by atoms with Crippen molar-refractivity contribution in [3.05, 3.63) is 84.4 Å². The molecule has 3 aromatic rings. The minimum atomic E-state index is -0.0349. The zero-order valence-corrected chi connectivity index (χ0v) is 16.4. The Labute approximate surface area is 171 Å². The van der Waals surface area contributed by atoms with Crippen LogP contribution in [0, 0.1) is 0 Å². The number of rotatable bonds is 5. The number of imidazole rings is 1. The summed E-state index contributed by atoms with van der Waals surface area (Å²) in [4.78, 5) is 19.8. The van der Waals surface area contributed by atoms with E-state index in [2.05, 4.69) is 45.5 Å². The largest absolute Gasteiger partial charge is 0.348 e. The van der Waals surface area contributed by atoms with E-state index in [9.17, 15) is 4.79 Å². The summed E-state index contributed by atoms with van der Waals surface area (Å²) in [6.45, 7) is 1.01. The topological polar surface area (TPSA) is 50.2 Å². The second-order valence-corrected chi connectivity index (χ2v) is 8.17. The number of amides is 1. The molecule has 2 saturated heterocycles. The number of carbonyl (C=O) groups is 1. The average molecular weight is 386 g/mol. The quantitative estimate of drug-likeness (QED) is 0.726. The molecule has 0 spiro atoms. The number of hydrogen-bond acceptors (Lipinski definition) is 3. The number of aromatic nitrogens is 2. The maximum absolute atomic E-state index is 13.0. The van der Waals surface area contributed by atoms with Crippen molar-refractivity contribution in [3.63, 3.8) is 0 Å². The standard InChI is InChI=1S/C24H26N4O/c29-24(23-15-25-17-28(23)20-9-5-2-6-10-20)26-19-13-21-11-12-22(14-19)27(21)16-18-7-3-1-4-8-18/h1-10,15,17,19,21-22H,11-14,16H2,(H,26,29). The molecule has 2 aliphatic rings. The van der Waals surface area contributed by atoms with Crippen molar-refractivity contribution in [2.75, 3.05) is 0 Å². The van der Waals surface area contributed by atoms with Gasteiger partial charge < -0.3 is 5.32 Å². The SMILES string of the molecule is O=C(NC1CC2CCC(C1)N2Cc1ccccc1)c1cncn1-c1ccccc1. The molecular weight excluding hydrogens is 360 g/mol. The third kappa shape index (κ3) is 3.70. The van der Waals surface area contributed by atoms with Gasteiger partial charge in [-0.15, -0.1) is 0 Å². The highest BCUT2D eigenvalue weighted by Crippen LogP contribution is 2.37. The van der Waals surface area contributed by atoms with Crippen LogP contribution in [0.3, 0.4) is 0 Å². The van der Waals surface area contributed by atoms with Crippen LogP contribution in [-0.2, 0) is 6.54 Å². The molecule has 3 heterocycles. The average Bonchev–Trinajstić information content (AvgIpc) is 3.32. The van der Waals surface area contributed by atoms with Crippen LogP contribution >= 0.6 is 0 Å². The van der Waals surface area contributed by atoms with Crippen molar-refractivity contribution in [1.82, 2.24) is 19.8 Å². The number of nitrogens with one attached hydrogen (secondary N) is 1. The van der Waals surface area contributed by atoms with E-state index in [0.717, 1.165) is 25.1 Å². The fourth-order valence-electron chi connectivity index (χ4n) is 4.96. The third-order valence-electron chi connectivity index (χ3n) is 6.33. The van der Waals surface area contributed by atoms with E-state index in [1.165, 1.54) is 18.4 Å². The Hall–Kier alpha value is -2.92. The van der Waals surface area contributed by atoms with Crippen LogP contribution in [0.4, 0.5) is 0 Å². The van der Waals surface area contributed by atoms with E-state index < -0.39 is 0 Å².